The minimum atomic E-state index is -0.166. The fourth-order valence-electron chi connectivity index (χ4n) is 2.20. The first kappa shape index (κ1) is 10.9. The predicted octanol–water partition coefficient (Wildman–Crippen LogP) is -0.244. The average molecular weight is 246 g/mol. The third kappa shape index (κ3) is 1.99. The molecule has 0 saturated carbocycles. The topological polar surface area (TPSA) is 77.6 Å². The Morgan fingerprint density at radius 3 is 3.22 bits per heavy atom. The molecule has 3 heterocycles. The summed E-state index contributed by atoms with van der Waals surface area (Å²) < 4.78 is 3.50. The average Bonchev–Trinajstić information content (AvgIpc) is 2.96. The molecule has 0 aromatic carbocycles. The van der Waals surface area contributed by atoms with Gasteiger partial charge in [0.25, 0.3) is 5.91 Å². The molecule has 1 aliphatic heterocycles. The van der Waals surface area contributed by atoms with Gasteiger partial charge >= 0.3 is 0 Å². The van der Waals surface area contributed by atoms with Gasteiger partial charge in [-0.2, -0.15) is 5.10 Å². The molecule has 18 heavy (non-hydrogen) atoms. The molecule has 2 aromatic heterocycles. The van der Waals surface area contributed by atoms with Crippen LogP contribution < -0.4 is 5.32 Å². The second-order valence-electron chi connectivity index (χ2n) is 4.49. The smallest absolute Gasteiger partial charge is 0.273 e. The molecule has 1 aliphatic rings. The normalized spacial score (nSPS) is 18.4. The van der Waals surface area contributed by atoms with Crippen molar-refractivity contribution in [3.8, 4) is 0 Å². The summed E-state index contributed by atoms with van der Waals surface area (Å²) in [4.78, 5) is 11.9. The predicted molar refractivity (Wildman–Crippen MR) is 62.8 cm³/mol. The van der Waals surface area contributed by atoms with Crippen molar-refractivity contribution in [3.63, 3.8) is 0 Å². The molecule has 0 aliphatic carbocycles. The number of carbonyl (C=O) groups is 1. The summed E-state index contributed by atoms with van der Waals surface area (Å²) in [5.74, 6) is -0.166. The van der Waals surface area contributed by atoms with E-state index in [1.807, 2.05) is 10.7 Å². The van der Waals surface area contributed by atoms with Gasteiger partial charge in [0.2, 0.25) is 0 Å². The molecular formula is C11H14N6O. The number of nitrogens with one attached hydrogen (secondary N) is 1. The fourth-order valence-corrected chi connectivity index (χ4v) is 2.20. The van der Waals surface area contributed by atoms with Crippen molar-refractivity contribution in [2.45, 2.75) is 25.4 Å². The van der Waals surface area contributed by atoms with Crippen molar-refractivity contribution in [2.24, 2.45) is 7.05 Å². The Morgan fingerprint density at radius 1 is 1.56 bits per heavy atom. The maximum Gasteiger partial charge on any atom is 0.273 e. The minimum Gasteiger partial charge on any atom is -0.347 e. The molecule has 7 nitrogen and oxygen atoms in total. The third-order valence-corrected chi connectivity index (χ3v) is 3.12. The van der Waals surface area contributed by atoms with Crippen LogP contribution in [0.3, 0.4) is 0 Å². The molecule has 0 fully saturated rings. The van der Waals surface area contributed by atoms with Gasteiger partial charge in [-0.25, -0.2) is 0 Å². The third-order valence-electron chi connectivity index (χ3n) is 3.12. The van der Waals surface area contributed by atoms with E-state index >= 15 is 0 Å². The lowest BCUT2D eigenvalue weighted by Crippen LogP contribution is -2.40. The van der Waals surface area contributed by atoms with Crippen molar-refractivity contribution >= 4 is 5.91 Å². The number of aromatic nitrogens is 5. The summed E-state index contributed by atoms with van der Waals surface area (Å²) in [7, 11) is 1.74. The van der Waals surface area contributed by atoms with E-state index in [0.717, 1.165) is 25.1 Å². The number of rotatable bonds is 2. The van der Waals surface area contributed by atoms with Crippen LogP contribution in [0.25, 0.3) is 0 Å². The Bertz CT molecular complexity index is 572. The minimum absolute atomic E-state index is 0.142. The molecule has 0 unspecified atom stereocenters. The zero-order chi connectivity index (χ0) is 12.5. The molecule has 94 valence electrons. The van der Waals surface area contributed by atoms with Crippen LogP contribution in [0.4, 0.5) is 0 Å². The van der Waals surface area contributed by atoms with Crippen molar-refractivity contribution in [3.05, 3.63) is 29.8 Å². The highest BCUT2D eigenvalue weighted by molar-refractivity contribution is 5.92. The summed E-state index contributed by atoms with van der Waals surface area (Å²) in [5, 5.41) is 14.7. The van der Waals surface area contributed by atoms with E-state index in [0.29, 0.717) is 5.69 Å². The van der Waals surface area contributed by atoms with Gasteiger partial charge in [-0.3, -0.25) is 14.2 Å². The van der Waals surface area contributed by atoms with Crippen LogP contribution in [0.2, 0.25) is 0 Å². The first-order valence-electron chi connectivity index (χ1n) is 5.90. The molecule has 3 rings (SSSR count). The molecule has 0 saturated heterocycles. The molecule has 0 radical (unpaired) electrons. The number of fused-ring (bicyclic) bond motifs is 1. The van der Waals surface area contributed by atoms with Crippen molar-refractivity contribution in [1.29, 1.82) is 0 Å². The number of nitrogens with zero attached hydrogens (tertiary/aromatic N) is 5. The summed E-state index contributed by atoms with van der Waals surface area (Å²) in [5.41, 5.74) is 1.52. The first-order chi connectivity index (χ1) is 8.72. The van der Waals surface area contributed by atoms with Crippen LogP contribution in [-0.2, 0) is 20.0 Å². The zero-order valence-electron chi connectivity index (χ0n) is 10.1. The van der Waals surface area contributed by atoms with Crippen LogP contribution in [0, 0.1) is 0 Å². The largest absolute Gasteiger partial charge is 0.347 e. The van der Waals surface area contributed by atoms with Gasteiger partial charge in [-0.15, -0.1) is 5.10 Å². The maximum atomic E-state index is 11.9. The van der Waals surface area contributed by atoms with E-state index in [4.69, 9.17) is 0 Å². The summed E-state index contributed by atoms with van der Waals surface area (Å²) >= 11 is 0. The molecule has 7 heteroatoms. The highest BCUT2D eigenvalue weighted by atomic mass is 16.2. The second kappa shape index (κ2) is 4.25. The number of hydrogen-bond acceptors (Lipinski definition) is 4. The van der Waals surface area contributed by atoms with Gasteiger partial charge in [0.1, 0.15) is 0 Å². The molecule has 0 bridgehead atoms. The van der Waals surface area contributed by atoms with E-state index in [1.165, 1.54) is 4.68 Å². The molecule has 1 atom stereocenters. The lowest BCUT2D eigenvalue weighted by molar-refractivity contribution is 0.0925. The number of hydrogen-bond donors (Lipinski definition) is 1. The molecule has 1 N–H and O–H groups in total. The van der Waals surface area contributed by atoms with E-state index in [-0.39, 0.29) is 11.9 Å². The lowest BCUT2D eigenvalue weighted by atomic mass is 10.0. The quantitative estimate of drug-likeness (QED) is 0.793. The highest BCUT2D eigenvalue weighted by Gasteiger charge is 2.21. The maximum absolute atomic E-state index is 11.9. The Morgan fingerprint density at radius 2 is 2.44 bits per heavy atom. The highest BCUT2D eigenvalue weighted by Crippen LogP contribution is 2.14. The van der Waals surface area contributed by atoms with Gasteiger partial charge in [0.05, 0.1) is 6.20 Å². The van der Waals surface area contributed by atoms with Crippen LogP contribution >= 0.6 is 0 Å². The van der Waals surface area contributed by atoms with Crippen molar-refractivity contribution in [1.82, 2.24) is 30.1 Å². The zero-order valence-corrected chi connectivity index (χ0v) is 10.1. The standard InChI is InChI=1S/C11H14N6O/c1-16-7-10(14-15-16)11(18)13-8-3-5-17-9(6-8)2-4-12-17/h2,4,7-8H,3,5-6H2,1H3,(H,13,18)/t8-/m0/s1. The number of carbonyl (C=O) groups excluding carboxylic acids is 1. The van der Waals surface area contributed by atoms with Crippen LogP contribution in [0.1, 0.15) is 22.6 Å². The van der Waals surface area contributed by atoms with Crippen LogP contribution in [0.15, 0.2) is 18.5 Å². The number of amides is 1. The Hall–Kier alpha value is -2.18. The van der Waals surface area contributed by atoms with E-state index in [9.17, 15) is 4.79 Å². The Labute approximate surface area is 104 Å². The van der Waals surface area contributed by atoms with Crippen LogP contribution in [0.5, 0.6) is 0 Å². The second-order valence-corrected chi connectivity index (χ2v) is 4.49. The van der Waals surface area contributed by atoms with Crippen molar-refractivity contribution < 1.29 is 4.79 Å². The van der Waals surface area contributed by atoms with Gasteiger partial charge in [0.15, 0.2) is 5.69 Å². The van der Waals surface area contributed by atoms with Crippen LogP contribution in [-0.4, -0.2) is 36.7 Å². The van der Waals surface area contributed by atoms with Gasteiger partial charge in [-0.05, 0) is 12.5 Å². The molecule has 0 spiro atoms. The molecular weight excluding hydrogens is 232 g/mol. The first-order valence-corrected chi connectivity index (χ1v) is 5.90. The van der Waals surface area contributed by atoms with Crippen molar-refractivity contribution in [2.75, 3.05) is 0 Å². The monoisotopic (exact) mass is 246 g/mol. The Balaban J connectivity index is 1.66. The summed E-state index contributed by atoms with van der Waals surface area (Å²) in [6, 6.07) is 2.13. The van der Waals surface area contributed by atoms with Gasteiger partial charge in [0, 0.05) is 37.9 Å². The SMILES string of the molecule is Cn1cc(C(=O)N[C@H]2CCn3nccc3C2)nn1. The van der Waals surface area contributed by atoms with E-state index in [2.05, 4.69) is 20.7 Å². The van der Waals surface area contributed by atoms with Gasteiger partial charge in [-0.1, -0.05) is 5.21 Å². The fraction of sp³-hybridized carbons (Fsp3) is 0.455. The van der Waals surface area contributed by atoms with Gasteiger partial charge < -0.3 is 5.32 Å². The molecule has 1 amide bonds. The Kier molecular flexibility index (Phi) is 2.58. The van der Waals surface area contributed by atoms with E-state index < -0.39 is 0 Å². The van der Waals surface area contributed by atoms with E-state index in [1.54, 1.807) is 19.4 Å². The lowest BCUT2D eigenvalue weighted by Gasteiger charge is -2.23. The summed E-state index contributed by atoms with van der Waals surface area (Å²) in [6.07, 6.45) is 5.11. The summed E-state index contributed by atoms with van der Waals surface area (Å²) in [6.45, 7) is 0.841. The molecule has 2 aromatic rings. The number of aryl methyl sites for hydroxylation is 2.